The van der Waals surface area contributed by atoms with E-state index in [0.29, 0.717) is 0 Å². The summed E-state index contributed by atoms with van der Waals surface area (Å²) in [6.07, 6.45) is 7.62. The molecule has 2 heterocycles. The Morgan fingerprint density at radius 3 is 3.07 bits per heavy atom. The molecule has 0 amide bonds. The van der Waals surface area contributed by atoms with E-state index in [1.807, 2.05) is 31.3 Å². The van der Waals surface area contributed by atoms with Crippen LogP contribution >= 0.6 is 0 Å². The van der Waals surface area contributed by atoms with Gasteiger partial charge in [-0.2, -0.15) is 0 Å². The van der Waals surface area contributed by atoms with Crippen LogP contribution in [0.5, 0.6) is 0 Å². The summed E-state index contributed by atoms with van der Waals surface area (Å²) in [5.41, 5.74) is 3.23. The number of nitrogens with zero attached hydrogens (tertiary/aromatic N) is 1. The number of nitrogens with one attached hydrogen (secondary N) is 1. The number of rotatable bonds is 2. The van der Waals surface area contributed by atoms with Crippen LogP contribution in [0.4, 0.5) is 0 Å². The van der Waals surface area contributed by atoms with Crippen LogP contribution in [0, 0.1) is 0 Å². The molecule has 0 aliphatic rings. The van der Waals surface area contributed by atoms with Crippen molar-refractivity contribution >= 4 is 16.6 Å². The van der Waals surface area contributed by atoms with Crippen molar-refractivity contribution < 1.29 is 0 Å². The molecule has 0 atom stereocenters. The number of fused-ring (bicyclic) bond motifs is 1. The fraction of sp³-hybridized carbons (Fsp3) is 0.0833. The maximum Gasteiger partial charge on any atom is 0.137 e. The molecule has 0 aliphatic carbocycles. The van der Waals surface area contributed by atoms with E-state index in [-0.39, 0.29) is 0 Å². The molecule has 1 N–H and O–H groups in total. The Morgan fingerprint density at radius 2 is 2.36 bits per heavy atom. The Hall–Kier alpha value is -1.83. The van der Waals surface area contributed by atoms with Crippen molar-refractivity contribution in [1.82, 2.24) is 9.97 Å². The van der Waals surface area contributed by atoms with Crippen LogP contribution in [0.25, 0.3) is 16.6 Å². The molecule has 0 aromatic carbocycles. The number of hydrogen-bond acceptors (Lipinski definition) is 1. The zero-order valence-electron chi connectivity index (χ0n) is 8.12. The van der Waals surface area contributed by atoms with E-state index in [1.54, 1.807) is 6.20 Å². The molecule has 0 unspecified atom stereocenters. The number of hydrogen-bond donors (Lipinski definition) is 1. The minimum absolute atomic E-state index is 0.920. The lowest BCUT2D eigenvalue weighted by molar-refractivity contribution is 1.32. The van der Waals surface area contributed by atoms with Gasteiger partial charge in [-0.3, -0.25) is 0 Å². The number of allylic oxidation sites excluding steroid dienone is 3. The Morgan fingerprint density at radius 1 is 1.50 bits per heavy atom. The van der Waals surface area contributed by atoms with Gasteiger partial charge in [-0.1, -0.05) is 18.7 Å². The van der Waals surface area contributed by atoms with Gasteiger partial charge >= 0.3 is 0 Å². The highest BCUT2D eigenvalue weighted by Gasteiger charge is 2.03. The van der Waals surface area contributed by atoms with Crippen molar-refractivity contribution in [3.63, 3.8) is 0 Å². The van der Waals surface area contributed by atoms with Crippen molar-refractivity contribution in [2.45, 2.75) is 6.92 Å². The van der Waals surface area contributed by atoms with Gasteiger partial charge in [-0.15, -0.1) is 0 Å². The predicted octanol–water partition coefficient (Wildman–Crippen LogP) is 3.15. The maximum absolute atomic E-state index is 4.24. The molecule has 0 saturated carbocycles. The molecule has 0 spiro atoms. The summed E-state index contributed by atoms with van der Waals surface area (Å²) in [5, 5.41) is 1.14. The zero-order chi connectivity index (χ0) is 9.97. The molecule has 0 fully saturated rings. The van der Waals surface area contributed by atoms with Gasteiger partial charge in [-0.25, -0.2) is 4.98 Å². The van der Waals surface area contributed by atoms with Gasteiger partial charge in [0.25, 0.3) is 0 Å². The minimum atomic E-state index is 0.920. The molecule has 0 aliphatic heterocycles. The molecule has 0 radical (unpaired) electrons. The molecule has 2 rings (SSSR count). The average molecular weight is 184 g/mol. The molecule has 70 valence electrons. The van der Waals surface area contributed by atoms with Crippen molar-refractivity contribution in [3.05, 3.63) is 48.8 Å². The first kappa shape index (κ1) is 8.75. The first-order chi connectivity index (χ1) is 6.86. The summed E-state index contributed by atoms with van der Waals surface area (Å²) in [7, 11) is 0. The molecule has 2 nitrogen and oxygen atoms in total. The third-order valence-corrected chi connectivity index (χ3v) is 2.30. The fourth-order valence-corrected chi connectivity index (χ4v) is 1.60. The van der Waals surface area contributed by atoms with Gasteiger partial charge in [0.05, 0.1) is 0 Å². The molecule has 2 heteroatoms. The quantitative estimate of drug-likeness (QED) is 0.713. The summed E-state index contributed by atoms with van der Waals surface area (Å²) in [4.78, 5) is 7.33. The predicted molar refractivity (Wildman–Crippen MR) is 59.9 cm³/mol. The second kappa shape index (κ2) is 3.50. The van der Waals surface area contributed by atoms with Crippen molar-refractivity contribution in [1.29, 1.82) is 0 Å². The van der Waals surface area contributed by atoms with Crippen molar-refractivity contribution in [2.75, 3.05) is 0 Å². The van der Waals surface area contributed by atoms with Crippen LogP contribution in [-0.4, -0.2) is 9.97 Å². The van der Waals surface area contributed by atoms with E-state index in [1.165, 1.54) is 5.56 Å². The smallest absolute Gasteiger partial charge is 0.137 e. The highest BCUT2D eigenvalue weighted by atomic mass is 14.8. The third kappa shape index (κ3) is 1.25. The van der Waals surface area contributed by atoms with Gasteiger partial charge < -0.3 is 4.98 Å². The van der Waals surface area contributed by atoms with Crippen LogP contribution in [0.2, 0.25) is 0 Å². The van der Waals surface area contributed by atoms with Gasteiger partial charge in [0.2, 0.25) is 0 Å². The van der Waals surface area contributed by atoms with Crippen molar-refractivity contribution in [2.24, 2.45) is 0 Å². The van der Waals surface area contributed by atoms with E-state index in [2.05, 4.69) is 22.6 Å². The van der Waals surface area contributed by atoms with Crippen LogP contribution < -0.4 is 0 Å². The molecule has 0 bridgehead atoms. The van der Waals surface area contributed by atoms with E-state index in [0.717, 1.165) is 16.6 Å². The molecule has 0 saturated heterocycles. The second-order valence-corrected chi connectivity index (χ2v) is 3.05. The van der Waals surface area contributed by atoms with E-state index >= 15 is 0 Å². The van der Waals surface area contributed by atoms with Crippen LogP contribution in [-0.2, 0) is 0 Å². The van der Waals surface area contributed by atoms with Gasteiger partial charge in [0.1, 0.15) is 5.65 Å². The summed E-state index contributed by atoms with van der Waals surface area (Å²) >= 11 is 0. The first-order valence-electron chi connectivity index (χ1n) is 4.58. The van der Waals surface area contributed by atoms with E-state index in [4.69, 9.17) is 0 Å². The first-order valence-corrected chi connectivity index (χ1v) is 4.58. The molecule has 2 aromatic rings. The minimum Gasteiger partial charge on any atom is -0.346 e. The lowest BCUT2D eigenvalue weighted by atomic mass is 10.0. The van der Waals surface area contributed by atoms with Gasteiger partial charge in [-0.05, 0) is 30.2 Å². The lowest BCUT2D eigenvalue weighted by Gasteiger charge is -2.02. The van der Waals surface area contributed by atoms with Crippen LogP contribution in [0.15, 0.2) is 43.3 Å². The number of aromatic amines is 1. The number of H-pyrrole nitrogens is 1. The van der Waals surface area contributed by atoms with Crippen LogP contribution in [0.3, 0.4) is 0 Å². The highest BCUT2D eigenvalue weighted by Crippen LogP contribution is 2.23. The SMILES string of the molecule is C=C/C(=C\C)c1ccnc2[nH]ccc12. The number of aromatic nitrogens is 2. The van der Waals surface area contributed by atoms with E-state index in [9.17, 15) is 0 Å². The molecular weight excluding hydrogens is 172 g/mol. The largest absolute Gasteiger partial charge is 0.346 e. The normalized spacial score (nSPS) is 11.9. The maximum atomic E-state index is 4.24. The summed E-state index contributed by atoms with van der Waals surface area (Å²) in [5.74, 6) is 0. The Balaban J connectivity index is 2.73. The van der Waals surface area contributed by atoms with E-state index < -0.39 is 0 Å². The summed E-state index contributed by atoms with van der Waals surface area (Å²) < 4.78 is 0. The van der Waals surface area contributed by atoms with Crippen molar-refractivity contribution in [3.8, 4) is 0 Å². The Labute approximate surface area is 83.0 Å². The topological polar surface area (TPSA) is 28.7 Å². The fourth-order valence-electron chi connectivity index (χ4n) is 1.60. The third-order valence-electron chi connectivity index (χ3n) is 2.30. The second-order valence-electron chi connectivity index (χ2n) is 3.05. The lowest BCUT2D eigenvalue weighted by Crippen LogP contribution is -1.84. The van der Waals surface area contributed by atoms with Gasteiger partial charge in [0.15, 0.2) is 0 Å². The molecule has 14 heavy (non-hydrogen) atoms. The van der Waals surface area contributed by atoms with Gasteiger partial charge in [0, 0.05) is 17.8 Å². The average Bonchev–Trinajstić information content (AvgIpc) is 2.68. The Kier molecular flexibility index (Phi) is 2.19. The Bertz CT molecular complexity index is 492. The summed E-state index contributed by atoms with van der Waals surface area (Å²) in [6, 6.07) is 4.04. The highest BCUT2D eigenvalue weighted by molar-refractivity contribution is 5.92. The number of pyridine rings is 1. The monoisotopic (exact) mass is 184 g/mol. The zero-order valence-corrected chi connectivity index (χ0v) is 8.12. The summed E-state index contributed by atoms with van der Waals surface area (Å²) in [6.45, 7) is 5.81. The molecule has 2 aromatic heterocycles. The molecular formula is C12H12N2. The standard InChI is InChI=1S/C12H12N2/c1-3-9(4-2)10-5-7-13-12-11(10)6-8-14-12/h3-8H,1H2,2H3,(H,13,14)/b9-4+. The van der Waals surface area contributed by atoms with Crippen LogP contribution in [0.1, 0.15) is 12.5 Å².